The second-order valence-electron chi connectivity index (χ2n) is 7.51. The fourth-order valence-corrected chi connectivity index (χ4v) is 3.51. The first-order chi connectivity index (χ1) is 16.1. The van der Waals surface area contributed by atoms with Gasteiger partial charge in [0.05, 0.1) is 20.8 Å². The summed E-state index contributed by atoms with van der Waals surface area (Å²) in [6.45, 7) is 6.76. The van der Waals surface area contributed by atoms with Crippen LogP contribution in [0.3, 0.4) is 0 Å². The van der Waals surface area contributed by atoms with Gasteiger partial charge in [-0.25, -0.2) is 0 Å². The van der Waals surface area contributed by atoms with Crippen molar-refractivity contribution < 1.29 is 19.0 Å². The minimum Gasteiger partial charge on any atom is -0.497 e. The van der Waals surface area contributed by atoms with Crippen molar-refractivity contribution in [3.05, 3.63) is 90.0 Å². The van der Waals surface area contributed by atoms with E-state index in [4.69, 9.17) is 14.2 Å². The summed E-state index contributed by atoms with van der Waals surface area (Å²) in [5, 5.41) is 0. The Morgan fingerprint density at radius 3 is 2.36 bits per heavy atom. The normalized spacial score (nSPS) is 10.8. The van der Waals surface area contributed by atoms with Gasteiger partial charge in [0.25, 0.3) is 0 Å². The first-order valence-electron chi connectivity index (χ1n) is 11.0. The van der Waals surface area contributed by atoms with Crippen LogP contribution < -0.4 is 14.2 Å². The van der Waals surface area contributed by atoms with Crippen LogP contribution in [0, 0.1) is 0 Å². The van der Waals surface area contributed by atoms with Crippen LogP contribution in [0.1, 0.15) is 41.3 Å². The van der Waals surface area contributed by atoms with Crippen LogP contribution in [-0.4, -0.2) is 26.6 Å². The number of rotatable bonds is 11. The Morgan fingerprint density at radius 2 is 1.70 bits per heavy atom. The van der Waals surface area contributed by atoms with Crippen LogP contribution in [0.25, 0.3) is 23.3 Å². The molecule has 4 heteroatoms. The average Bonchev–Trinajstić information content (AvgIpc) is 2.87. The molecule has 0 saturated carbocycles. The fourth-order valence-electron chi connectivity index (χ4n) is 3.51. The lowest BCUT2D eigenvalue weighted by Crippen LogP contribution is -1.99. The highest BCUT2D eigenvalue weighted by Gasteiger charge is 2.16. The van der Waals surface area contributed by atoms with Gasteiger partial charge in [0.1, 0.15) is 17.2 Å². The van der Waals surface area contributed by atoms with Gasteiger partial charge in [-0.2, -0.15) is 0 Å². The van der Waals surface area contributed by atoms with Crippen molar-refractivity contribution in [1.29, 1.82) is 0 Å². The molecule has 0 bridgehead atoms. The van der Waals surface area contributed by atoms with Crippen LogP contribution in [0.4, 0.5) is 0 Å². The third kappa shape index (κ3) is 5.92. The van der Waals surface area contributed by atoms with Crippen LogP contribution >= 0.6 is 0 Å². The molecule has 3 aromatic rings. The summed E-state index contributed by atoms with van der Waals surface area (Å²) in [5.41, 5.74) is 4.12. The van der Waals surface area contributed by atoms with Crippen molar-refractivity contribution in [3.8, 4) is 28.4 Å². The molecule has 0 saturated heterocycles. The number of hydrogen-bond donors (Lipinski definition) is 0. The van der Waals surface area contributed by atoms with Gasteiger partial charge in [-0.05, 0) is 53.5 Å². The van der Waals surface area contributed by atoms with Crippen molar-refractivity contribution >= 4 is 17.9 Å². The predicted octanol–water partition coefficient (Wildman–Crippen LogP) is 7.09. The van der Waals surface area contributed by atoms with E-state index in [9.17, 15) is 4.79 Å². The van der Waals surface area contributed by atoms with Crippen LogP contribution in [-0.2, 0) is 0 Å². The smallest absolute Gasteiger partial charge is 0.185 e. The van der Waals surface area contributed by atoms with Crippen molar-refractivity contribution in [2.45, 2.75) is 19.8 Å². The second kappa shape index (κ2) is 11.7. The van der Waals surface area contributed by atoms with Crippen molar-refractivity contribution in [3.63, 3.8) is 0 Å². The minimum absolute atomic E-state index is 0.0833. The summed E-state index contributed by atoms with van der Waals surface area (Å²) in [6.07, 6.45) is 7.22. The van der Waals surface area contributed by atoms with Gasteiger partial charge in [0, 0.05) is 17.2 Å². The molecule has 0 aliphatic carbocycles. The third-order valence-corrected chi connectivity index (χ3v) is 5.33. The SMILES string of the molecule is C=Cc1ccc(OCCCC)cc1-c1cc(OC)cc(OC)c1/C=C/C(=O)c1ccccc1. The quantitative estimate of drug-likeness (QED) is 0.181. The molecule has 0 radical (unpaired) electrons. The number of ether oxygens (including phenoxy) is 3. The maximum atomic E-state index is 12.7. The average molecular weight is 443 g/mol. The maximum absolute atomic E-state index is 12.7. The first kappa shape index (κ1) is 23.9. The Bertz CT molecular complexity index is 1130. The summed E-state index contributed by atoms with van der Waals surface area (Å²) >= 11 is 0. The molecule has 0 unspecified atom stereocenters. The molecule has 0 aliphatic rings. The molecule has 0 amide bonds. The number of carbonyl (C=O) groups is 1. The standard InChI is InChI=1S/C29H30O4/c1-5-7-17-33-23-14-13-21(6-2)26(18-23)27-19-24(31-3)20-29(32-4)25(27)15-16-28(30)22-11-9-8-10-12-22/h6,8-16,18-20H,2,5,7,17H2,1,3-4H3/b16-15+. The molecule has 0 spiro atoms. The van der Waals surface area contributed by atoms with Gasteiger partial charge in [0.15, 0.2) is 5.78 Å². The van der Waals surface area contributed by atoms with Crippen LogP contribution in [0.15, 0.2) is 73.3 Å². The number of methoxy groups -OCH3 is 2. The first-order valence-corrected chi connectivity index (χ1v) is 11.0. The Balaban J connectivity index is 2.12. The maximum Gasteiger partial charge on any atom is 0.185 e. The van der Waals surface area contributed by atoms with Crippen LogP contribution in [0.2, 0.25) is 0 Å². The zero-order valence-corrected chi connectivity index (χ0v) is 19.5. The molecular weight excluding hydrogens is 412 g/mol. The molecule has 0 aromatic heterocycles. The summed E-state index contributed by atoms with van der Waals surface area (Å²) in [6, 6.07) is 18.9. The summed E-state index contributed by atoms with van der Waals surface area (Å²) in [5.74, 6) is 1.95. The minimum atomic E-state index is -0.0833. The molecule has 0 heterocycles. The third-order valence-electron chi connectivity index (χ3n) is 5.33. The van der Waals surface area contributed by atoms with Crippen LogP contribution in [0.5, 0.6) is 17.2 Å². The number of benzene rings is 3. The summed E-state index contributed by atoms with van der Waals surface area (Å²) in [4.78, 5) is 12.7. The Kier molecular flexibility index (Phi) is 8.48. The molecule has 3 rings (SSSR count). The second-order valence-corrected chi connectivity index (χ2v) is 7.51. The fraction of sp³-hybridized carbons (Fsp3) is 0.207. The lowest BCUT2D eigenvalue weighted by molar-refractivity contribution is 0.104. The van der Waals surface area contributed by atoms with E-state index >= 15 is 0 Å². The van der Waals surface area contributed by atoms with E-state index in [-0.39, 0.29) is 5.78 Å². The number of allylic oxidation sites excluding steroid dienone is 1. The number of carbonyl (C=O) groups excluding carboxylic acids is 1. The topological polar surface area (TPSA) is 44.8 Å². The van der Waals surface area contributed by atoms with Gasteiger partial charge < -0.3 is 14.2 Å². The predicted molar refractivity (Wildman–Crippen MR) is 135 cm³/mol. The largest absolute Gasteiger partial charge is 0.497 e. The molecule has 3 aromatic carbocycles. The Hall–Kier alpha value is -3.79. The Morgan fingerprint density at radius 1 is 0.939 bits per heavy atom. The van der Waals surface area contributed by atoms with E-state index in [2.05, 4.69) is 13.5 Å². The highest BCUT2D eigenvalue weighted by atomic mass is 16.5. The number of unbranched alkanes of at least 4 members (excludes halogenated alkanes) is 1. The highest BCUT2D eigenvalue weighted by Crippen LogP contribution is 2.39. The lowest BCUT2D eigenvalue weighted by Gasteiger charge is -2.17. The van der Waals surface area contributed by atoms with Gasteiger partial charge in [-0.15, -0.1) is 0 Å². The van der Waals surface area contributed by atoms with Gasteiger partial charge in [0.2, 0.25) is 0 Å². The summed E-state index contributed by atoms with van der Waals surface area (Å²) < 4.78 is 17.1. The molecule has 0 fully saturated rings. The van der Waals surface area contributed by atoms with E-state index < -0.39 is 0 Å². The lowest BCUT2D eigenvalue weighted by atomic mass is 9.93. The van der Waals surface area contributed by atoms with Gasteiger partial charge >= 0.3 is 0 Å². The van der Waals surface area contributed by atoms with Gasteiger partial charge in [-0.3, -0.25) is 4.79 Å². The molecule has 4 nitrogen and oxygen atoms in total. The molecule has 0 N–H and O–H groups in total. The zero-order chi connectivity index (χ0) is 23.6. The number of ketones is 1. The highest BCUT2D eigenvalue weighted by molar-refractivity contribution is 6.07. The molecule has 33 heavy (non-hydrogen) atoms. The van der Waals surface area contributed by atoms with E-state index in [1.54, 1.807) is 44.6 Å². The van der Waals surface area contributed by atoms with E-state index in [1.807, 2.05) is 48.5 Å². The van der Waals surface area contributed by atoms with Crippen molar-refractivity contribution in [2.24, 2.45) is 0 Å². The monoisotopic (exact) mass is 442 g/mol. The molecule has 0 aliphatic heterocycles. The van der Waals surface area contributed by atoms with E-state index in [0.29, 0.717) is 23.7 Å². The van der Waals surface area contributed by atoms with E-state index in [1.165, 1.54) is 0 Å². The molecule has 170 valence electrons. The molecule has 0 atom stereocenters. The zero-order valence-electron chi connectivity index (χ0n) is 19.5. The molecular formula is C29H30O4. The summed E-state index contributed by atoms with van der Waals surface area (Å²) in [7, 11) is 3.22. The number of hydrogen-bond acceptors (Lipinski definition) is 4. The van der Waals surface area contributed by atoms with Gasteiger partial charge in [-0.1, -0.05) is 62.4 Å². The van der Waals surface area contributed by atoms with E-state index in [0.717, 1.165) is 40.8 Å². The van der Waals surface area contributed by atoms with Crippen molar-refractivity contribution in [2.75, 3.05) is 20.8 Å². The Labute approximate surface area is 196 Å². The van der Waals surface area contributed by atoms with Crippen molar-refractivity contribution in [1.82, 2.24) is 0 Å².